The molecule has 2 saturated heterocycles. The second kappa shape index (κ2) is 8.86. The maximum atomic E-state index is 6.24. The Balaban J connectivity index is 1.40. The van der Waals surface area contributed by atoms with Crippen LogP contribution in [-0.2, 0) is 11.2 Å². The molecule has 1 atom stereocenters. The van der Waals surface area contributed by atoms with Crippen LogP contribution in [0.3, 0.4) is 0 Å². The maximum Gasteiger partial charge on any atom is 0.163 e. The number of hydrogen-bond acceptors (Lipinski definition) is 5. The lowest BCUT2D eigenvalue weighted by atomic mass is 9.93. The monoisotopic (exact) mass is 408 g/mol. The van der Waals surface area contributed by atoms with Gasteiger partial charge in [0.1, 0.15) is 0 Å². The third-order valence-corrected chi connectivity index (χ3v) is 6.60. The Bertz CT molecular complexity index is 873. The molecule has 0 N–H and O–H groups in total. The first-order valence-electron chi connectivity index (χ1n) is 11.3. The van der Waals surface area contributed by atoms with Gasteiger partial charge in [-0.05, 0) is 62.0 Å². The molecule has 0 radical (unpaired) electrons. The number of hydrogen-bond donors (Lipinski definition) is 0. The summed E-state index contributed by atoms with van der Waals surface area (Å²) >= 11 is 0. The summed E-state index contributed by atoms with van der Waals surface area (Å²) in [5, 5.41) is 0. The molecule has 0 spiro atoms. The molecule has 30 heavy (non-hydrogen) atoms. The van der Waals surface area contributed by atoms with Gasteiger partial charge in [-0.25, -0.2) is 0 Å². The van der Waals surface area contributed by atoms with Crippen molar-refractivity contribution in [3.63, 3.8) is 0 Å². The van der Waals surface area contributed by atoms with Gasteiger partial charge in [-0.15, -0.1) is 0 Å². The minimum Gasteiger partial charge on any atom is -0.493 e. The summed E-state index contributed by atoms with van der Waals surface area (Å²) < 4.78 is 17.7. The van der Waals surface area contributed by atoms with Crippen LogP contribution >= 0.6 is 0 Å². The van der Waals surface area contributed by atoms with Gasteiger partial charge in [-0.1, -0.05) is 18.2 Å². The molecule has 0 bridgehead atoms. The summed E-state index contributed by atoms with van der Waals surface area (Å²) in [6.07, 6.45) is 5.68. The topological polar surface area (TPSA) is 34.2 Å². The van der Waals surface area contributed by atoms with Gasteiger partial charge < -0.3 is 24.0 Å². The van der Waals surface area contributed by atoms with E-state index in [9.17, 15) is 0 Å². The highest BCUT2D eigenvalue weighted by molar-refractivity contribution is 5.77. The summed E-state index contributed by atoms with van der Waals surface area (Å²) in [7, 11) is 1.73. The maximum absolute atomic E-state index is 6.24. The zero-order valence-corrected chi connectivity index (χ0v) is 17.9. The van der Waals surface area contributed by atoms with E-state index in [1.807, 2.05) is 0 Å². The number of para-hydroxylation sites is 1. The Kier molecular flexibility index (Phi) is 5.82. The molecule has 2 aromatic rings. The van der Waals surface area contributed by atoms with Gasteiger partial charge in [0, 0.05) is 37.0 Å². The Morgan fingerprint density at radius 2 is 1.90 bits per heavy atom. The zero-order chi connectivity index (χ0) is 20.3. The molecule has 2 fully saturated rings. The predicted octanol–water partition coefficient (Wildman–Crippen LogP) is 4.39. The van der Waals surface area contributed by atoms with Crippen LogP contribution in [0.2, 0.25) is 0 Å². The second-order valence-corrected chi connectivity index (χ2v) is 8.58. The number of fused-ring (bicyclic) bond motifs is 2. The molecular weight excluding hydrogens is 376 g/mol. The van der Waals surface area contributed by atoms with E-state index < -0.39 is 0 Å². The zero-order valence-electron chi connectivity index (χ0n) is 17.9. The highest BCUT2D eigenvalue weighted by Crippen LogP contribution is 2.45. The number of anilines is 2. The van der Waals surface area contributed by atoms with Crippen molar-refractivity contribution in [2.45, 2.75) is 38.1 Å². The van der Waals surface area contributed by atoms with Gasteiger partial charge in [-0.3, -0.25) is 0 Å². The molecular formula is C25H32N2O3. The third kappa shape index (κ3) is 3.88. The van der Waals surface area contributed by atoms with E-state index in [1.165, 1.54) is 48.4 Å². The van der Waals surface area contributed by atoms with E-state index in [0.717, 1.165) is 57.1 Å². The fraction of sp³-hybridized carbons (Fsp3) is 0.520. The van der Waals surface area contributed by atoms with Crippen molar-refractivity contribution in [2.75, 3.05) is 51.5 Å². The molecule has 0 aliphatic carbocycles. The summed E-state index contributed by atoms with van der Waals surface area (Å²) in [4.78, 5) is 5.00. The lowest BCUT2D eigenvalue weighted by Crippen LogP contribution is -2.34. The molecule has 160 valence electrons. The molecule has 3 aliphatic heterocycles. The molecule has 0 unspecified atom stereocenters. The van der Waals surface area contributed by atoms with E-state index in [1.54, 1.807) is 7.11 Å². The van der Waals surface area contributed by atoms with E-state index in [4.69, 9.17) is 14.2 Å². The highest BCUT2D eigenvalue weighted by atomic mass is 16.5. The van der Waals surface area contributed by atoms with Crippen molar-refractivity contribution in [1.82, 2.24) is 4.90 Å². The lowest BCUT2D eigenvalue weighted by molar-refractivity contribution is 0.194. The largest absolute Gasteiger partial charge is 0.493 e. The van der Waals surface area contributed by atoms with Crippen molar-refractivity contribution in [3.05, 3.63) is 47.5 Å². The second-order valence-electron chi connectivity index (χ2n) is 8.58. The van der Waals surface area contributed by atoms with Crippen molar-refractivity contribution < 1.29 is 14.2 Å². The van der Waals surface area contributed by atoms with Crippen LogP contribution < -0.4 is 14.4 Å². The molecule has 5 heteroatoms. The van der Waals surface area contributed by atoms with E-state index in [2.05, 4.69) is 46.2 Å². The van der Waals surface area contributed by atoms with Gasteiger partial charge in [0.2, 0.25) is 0 Å². The summed E-state index contributed by atoms with van der Waals surface area (Å²) in [6, 6.07) is 13.4. The summed E-state index contributed by atoms with van der Waals surface area (Å²) in [6.45, 7) is 5.90. The SMILES string of the molecule is COc1cc2c(cc1OCCCN1CCCC1)N([C@@H]1CCOC1)c1ccccc1C2. The number of rotatable bonds is 7. The number of ether oxygens (including phenoxy) is 3. The van der Waals surface area contributed by atoms with Crippen LogP contribution in [0.15, 0.2) is 36.4 Å². The Labute approximate surface area is 179 Å². The fourth-order valence-electron chi connectivity index (χ4n) is 5.06. The summed E-state index contributed by atoms with van der Waals surface area (Å²) in [5.41, 5.74) is 5.19. The molecule has 3 aliphatic rings. The first-order valence-corrected chi connectivity index (χ1v) is 11.3. The summed E-state index contributed by atoms with van der Waals surface area (Å²) in [5.74, 6) is 1.68. The fourth-order valence-corrected chi connectivity index (χ4v) is 5.06. The Morgan fingerprint density at radius 1 is 1.03 bits per heavy atom. The predicted molar refractivity (Wildman–Crippen MR) is 119 cm³/mol. The van der Waals surface area contributed by atoms with Crippen molar-refractivity contribution in [1.29, 1.82) is 0 Å². The number of likely N-dealkylation sites (tertiary alicyclic amines) is 1. The van der Waals surface area contributed by atoms with Gasteiger partial charge in [-0.2, -0.15) is 0 Å². The first-order chi connectivity index (χ1) is 14.8. The highest BCUT2D eigenvalue weighted by Gasteiger charge is 2.32. The number of methoxy groups -OCH3 is 1. The van der Waals surface area contributed by atoms with Crippen LogP contribution in [0, 0.1) is 0 Å². The Morgan fingerprint density at radius 3 is 2.70 bits per heavy atom. The van der Waals surface area contributed by atoms with Crippen molar-refractivity contribution in [3.8, 4) is 11.5 Å². The average molecular weight is 409 g/mol. The molecule has 0 aromatic heterocycles. The lowest BCUT2D eigenvalue weighted by Gasteiger charge is -2.37. The normalized spacial score (nSPS) is 20.8. The van der Waals surface area contributed by atoms with Gasteiger partial charge >= 0.3 is 0 Å². The molecule has 5 rings (SSSR count). The first kappa shape index (κ1) is 19.7. The van der Waals surface area contributed by atoms with Gasteiger partial charge in [0.15, 0.2) is 11.5 Å². The standard InChI is InChI=1S/C25H32N2O3/c1-28-24-16-20-15-19-7-2-3-8-22(19)27(21-9-14-29-18-21)23(20)17-25(24)30-13-6-12-26-10-4-5-11-26/h2-3,7-8,16-17,21H,4-6,9-15,18H2,1H3/t21-/m1/s1. The third-order valence-electron chi connectivity index (χ3n) is 6.60. The molecule has 0 saturated carbocycles. The molecule has 2 aromatic carbocycles. The van der Waals surface area contributed by atoms with E-state index in [-0.39, 0.29) is 0 Å². The van der Waals surface area contributed by atoms with Crippen LogP contribution in [-0.4, -0.2) is 57.5 Å². The van der Waals surface area contributed by atoms with Crippen LogP contribution in [0.5, 0.6) is 11.5 Å². The van der Waals surface area contributed by atoms with Crippen LogP contribution in [0.25, 0.3) is 0 Å². The quantitative estimate of drug-likeness (QED) is 0.635. The van der Waals surface area contributed by atoms with Crippen LogP contribution in [0.1, 0.15) is 36.8 Å². The van der Waals surface area contributed by atoms with E-state index in [0.29, 0.717) is 6.04 Å². The van der Waals surface area contributed by atoms with Gasteiger partial charge in [0.05, 0.1) is 26.4 Å². The average Bonchev–Trinajstić information content (AvgIpc) is 3.49. The minimum atomic E-state index is 0.363. The molecule has 0 amide bonds. The van der Waals surface area contributed by atoms with Crippen molar-refractivity contribution >= 4 is 11.4 Å². The van der Waals surface area contributed by atoms with Crippen LogP contribution in [0.4, 0.5) is 11.4 Å². The van der Waals surface area contributed by atoms with Crippen molar-refractivity contribution in [2.24, 2.45) is 0 Å². The molecule has 5 nitrogen and oxygen atoms in total. The minimum absolute atomic E-state index is 0.363. The number of benzene rings is 2. The Hall–Kier alpha value is -2.24. The smallest absolute Gasteiger partial charge is 0.163 e. The molecule has 3 heterocycles. The van der Waals surface area contributed by atoms with E-state index >= 15 is 0 Å². The van der Waals surface area contributed by atoms with Gasteiger partial charge in [0.25, 0.3) is 0 Å². The number of nitrogens with zero attached hydrogens (tertiary/aromatic N) is 2.